The molecular weight excluding hydrogens is 412 g/mol. The standard InChI is InChI=1S/C20H21ClN4O3S/c1-14-17(21)8-5-9-18(14)29(27,28)22-12-13-24-20(26)25(16-6-3-2-4-7-16)19(23-24)15-10-11-15/h2-9,15,22H,10-13H2,1H3. The normalized spacial score (nSPS) is 14.3. The lowest BCUT2D eigenvalue weighted by molar-refractivity contribution is 0.550. The van der Waals surface area contributed by atoms with E-state index in [-0.39, 0.29) is 29.6 Å². The SMILES string of the molecule is Cc1c(Cl)cccc1S(=O)(=O)NCCn1nc(C2CC2)n(-c2ccccc2)c1=O. The van der Waals surface area contributed by atoms with Gasteiger partial charge < -0.3 is 0 Å². The summed E-state index contributed by atoms with van der Waals surface area (Å²) in [7, 11) is -3.74. The van der Waals surface area contributed by atoms with Crippen molar-refractivity contribution in [3.05, 3.63) is 75.4 Å². The van der Waals surface area contributed by atoms with Crippen molar-refractivity contribution in [3.63, 3.8) is 0 Å². The van der Waals surface area contributed by atoms with E-state index < -0.39 is 10.0 Å². The van der Waals surface area contributed by atoms with Gasteiger partial charge in [-0.1, -0.05) is 35.9 Å². The molecule has 0 saturated heterocycles. The maximum Gasteiger partial charge on any atom is 0.350 e. The molecule has 2 aromatic carbocycles. The largest absolute Gasteiger partial charge is 0.350 e. The summed E-state index contributed by atoms with van der Waals surface area (Å²) in [5, 5.41) is 4.87. The molecule has 0 bridgehead atoms. The summed E-state index contributed by atoms with van der Waals surface area (Å²) in [6, 6.07) is 14.1. The third-order valence-electron chi connectivity index (χ3n) is 4.94. The van der Waals surface area contributed by atoms with E-state index >= 15 is 0 Å². The minimum Gasteiger partial charge on any atom is -0.247 e. The fourth-order valence-corrected chi connectivity index (χ4v) is 4.76. The molecule has 4 rings (SSSR count). The van der Waals surface area contributed by atoms with E-state index in [9.17, 15) is 13.2 Å². The molecule has 1 aromatic heterocycles. The van der Waals surface area contributed by atoms with Crippen LogP contribution < -0.4 is 10.4 Å². The van der Waals surface area contributed by atoms with E-state index in [0.717, 1.165) is 24.4 Å². The predicted octanol–water partition coefficient (Wildman–Crippen LogP) is 2.85. The number of halogens is 1. The van der Waals surface area contributed by atoms with E-state index in [1.54, 1.807) is 23.6 Å². The molecule has 0 unspecified atom stereocenters. The zero-order valence-electron chi connectivity index (χ0n) is 15.9. The van der Waals surface area contributed by atoms with Crippen molar-refractivity contribution >= 4 is 21.6 Å². The molecule has 1 heterocycles. The Morgan fingerprint density at radius 1 is 1.14 bits per heavy atom. The lowest BCUT2D eigenvalue weighted by Gasteiger charge is -2.10. The van der Waals surface area contributed by atoms with Gasteiger partial charge in [0.2, 0.25) is 10.0 Å². The van der Waals surface area contributed by atoms with Gasteiger partial charge in [0.05, 0.1) is 17.1 Å². The molecule has 152 valence electrons. The zero-order valence-corrected chi connectivity index (χ0v) is 17.4. The number of nitrogens with one attached hydrogen (secondary N) is 1. The number of aromatic nitrogens is 3. The Hall–Kier alpha value is -2.42. The minimum atomic E-state index is -3.74. The number of benzene rings is 2. The van der Waals surface area contributed by atoms with Crippen LogP contribution in [0, 0.1) is 6.92 Å². The van der Waals surface area contributed by atoms with E-state index in [1.807, 2.05) is 30.3 Å². The summed E-state index contributed by atoms with van der Waals surface area (Å²) in [5.41, 5.74) is 0.986. The van der Waals surface area contributed by atoms with Gasteiger partial charge in [-0.3, -0.25) is 0 Å². The summed E-state index contributed by atoms with van der Waals surface area (Å²) in [6.45, 7) is 1.84. The van der Waals surface area contributed by atoms with Crippen LogP contribution in [0.4, 0.5) is 0 Å². The van der Waals surface area contributed by atoms with Gasteiger partial charge in [-0.05, 0) is 49.6 Å². The second kappa shape index (κ2) is 7.78. The Morgan fingerprint density at radius 2 is 1.86 bits per heavy atom. The van der Waals surface area contributed by atoms with Gasteiger partial charge in [0, 0.05) is 17.5 Å². The topological polar surface area (TPSA) is 86.0 Å². The Bertz CT molecular complexity index is 1200. The Balaban J connectivity index is 1.55. The van der Waals surface area contributed by atoms with Crippen LogP contribution in [-0.4, -0.2) is 29.3 Å². The third kappa shape index (κ3) is 4.01. The van der Waals surface area contributed by atoms with Crippen molar-refractivity contribution in [2.24, 2.45) is 0 Å². The number of nitrogens with zero attached hydrogens (tertiary/aromatic N) is 3. The highest BCUT2D eigenvalue weighted by molar-refractivity contribution is 7.89. The molecule has 9 heteroatoms. The van der Waals surface area contributed by atoms with Gasteiger partial charge in [0.15, 0.2) is 0 Å². The zero-order chi connectivity index (χ0) is 20.6. The van der Waals surface area contributed by atoms with Crippen LogP contribution in [0.1, 0.15) is 30.1 Å². The van der Waals surface area contributed by atoms with Gasteiger partial charge in [-0.25, -0.2) is 27.2 Å². The molecule has 1 aliphatic rings. The number of para-hydroxylation sites is 1. The number of hydrogen-bond donors (Lipinski definition) is 1. The number of hydrogen-bond acceptors (Lipinski definition) is 4. The van der Waals surface area contributed by atoms with E-state index in [4.69, 9.17) is 11.6 Å². The second-order valence-electron chi connectivity index (χ2n) is 7.07. The van der Waals surface area contributed by atoms with Crippen molar-refractivity contribution in [2.75, 3.05) is 6.54 Å². The first-order valence-corrected chi connectivity index (χ1v) is 11.2. The van der Waals surface area contributed by atoms with Crippen LogP contribution in [0.3, 0.4) is 0 Å². The fourth-order valence-electron chi connectivity index (χ4n) is 3.24. The predicted molar refractivity (Wildman–Crippen MR) is 111 cm³/mol. The summed E-state index contributed by atoms with van der Waals surface area (Å²) in [5.74, 6) is 1.00. The fraction of sp³-hybridized carbons (Fsp3) is 0.300. The molecule has 0 spiro atoms. The van der Waals surface area contributed by atoms with Crippen molar-refractivity contribution in [1.82, 2.24) is 19.1 Å². The molecule has 1 aliphatic carbocycles. The highest BCUT2D eigenvalue weighted by atomic mass is 35.5. The van der Waals surface area contributed by atoms with E-state index in [2.05, 4.69) is 9.82 Å². The summed E-state index contributed by atoms with van der Waals surface area (Å²) >= 11 is 6.03. The first-order chi connectivity index (χ1) is 13.9. The second-order valence-corrected chi connectivity index (χ2v) is 9.21. The van der Waals surface area contributed by atoms with Gasteiger partial charge >= 0.3 is 5.69 Å². The van der Waals surface area contributed by atoms with Crippen molar-refractivity contribution < 1.29 is 8.42 Å². The molecule has 1 fully saturated rings. The first kappa shape index (κ1) is 19.9. The number of rotatable bonds is 7. The smallest absolute Gasteiger partial charge is 0.247 e. The van der Waals surface area contributed by atoms with Gasteiger partial charge in [-0.2, -0.15) is 5.10 Å². The van der Waals surface area contributed by atoms with Crippen LogP contribution in [0.2, 0.25) is 5.02 Å². The Morgan fingerprint density at radius 3 is 2.55 bits per heavy atom. The summed E-state index contributed by atoms with van der Waals surface area (Å²) in [4.78, 5) is 13.0. The van der Waals surface area contributed by atoms with Gasteiger partial charge in [0.1, 0.15) is 5.82 Å². The number of sulfonamides is 1. The Kier molecular flexibility index (Phi) is 5.33. The lowest BCUT2D eigenvalue weighted by atomic mass is 10.2. The van der Waals surface area contributed by atoms with Crippen molar-refractivity contribution in [1.29, 1.82) is 0 Å². The molecule has 1 N–H and O–H groups in total. The van der Waals surface area contributed by atoms with Gasteiger partial charge in [-0.15, -0.1) is 0 Å². The lowest BCUT2D eigenvalue weighted by Crippen LogP contribution is -2.32. The van der Waals surface area contributed by atoms with Crippen molar-refractivity contribution in [3.8, 4) is 5.69 Å². The average Bonchev–Trinajstić information content (AvgIpc) is 3.49. The highest BCUT2D eigenvalue weighted by Crippen LogP contribution is 2.39. The molecule has 0 atom stereocenters. The van der Waals surface area contributed by atoms with Crippen LogP contribution in [0.5, 0.6) is 0 Å². The van der Waals surface area contributed by atoms with Crippen LogP contribution in [0.15, 0.2) is 58.2 Å². The molecule has 7 nitrogen and oxygen atoms in total. The van der Waals surface area contributed by atoms with Gasteiger partial charge in [0.25, 0.3) is 0 Å². The maximum absolute atomic E-state index is 12.9. The third-order valence-corrected chi connectivity index (χ3v) is 6.96. The van der Waals surface area contributed by atoms with Crippen LogP contribution in [0.25, 0.3) is 5.69 Å². The van der Waals surface area contributed by atoms with Crippen LogP contribution >= 0.6 is 11.6 Å². The monoisotopic (exact) mass is 432 g/mol. The molecular formula is C20H21ClN4O3S. The first-order valence-electron chi connectivity index (χ1n) is 9.38. The molecule has 3 aromatic rings. The molecule has 0 radical (unpaired) electrons. The maximum atomic E-state index is 12.9. The summed E-state index contributed by atoms with van der Waals surface area (Å²) < 4.78 is 30.7. The molecule has 29 heavy (non-hydrogen) atoms. The van der Waals surface area contributed by atoms with Crippen LogP contribution in [-0.2, 0) is 16.6 Å². The minimum absolute atomic E-state index is 0.0457. The highest BCUT2D eigenvalue weighted by Gasteiger charge is 2.31. The average molecular weight is 433 g/mol. The molecule has 0 amide bonds. The van der Waals surface area contributed by atoms with E-state index in [1.165, 1.54) is 10.7 Å². The summed E-state index contributed by atoms with van der Waals surface area (Å²) in [6.07, 6.45) is 2.01. The molecule has 1 saturated carbocycles. The van der Waals surface area contributed by atoms with E-state index in [0.29, 0.717) is 10.6 Å². The quantitative estimate of drug-likeness (QED) is 0.622. The van der Waals surface area contributed by atoms with Crippen molar-refractivity contribution in [2.45, 2.75) is 37.1 Å². The Labute approximate surface area is 174 Å². The molecule has 0 aliphatic heterocycles.